The van der Waals surface area contributed by atoms with E-state index >= 15 is 0 Å². The van der Waals surface area contributed by atoms with E-state index in [0.29, 0.717) is 32.6 Å². The van der Waals surface area contributed by atoms with Gasteiger partial charge in [0.25, 0.3) is 0 Å². The molecule has 0 unspecified atom stereocenters. The number of likely N-dealkylation sites (N-methyl/N-ethyl adjacent to an activating group) is 1. The van der Waals surface area contributed by atoms with E-state index in [1.165, 1.54) is 26.5 Å². The molecule has 1 aromatic rings. The summed E-state index contributed by atoms with van der Waals surface area (Å²) in [5.41, 5.74) is -0.119. The van der Waals surface area contributed by atoms with Gasteiger partial charge in [-0.1, -0.05) is 44.2 Å². The Morgan fingerprint density at radius 2 is 1.66 bits per heavy atom. The molecule has 15 atom stereocenters. The maximum atomic E-state index is 13.8. The van der Waals surface area contributed by atoms with Crippen LogP contribution in [0, 0.1) is 17.8 Å². The number of nitrogens with zero attached hydrogens (tertiary/aromatic N) is 2. The second-order valence-corrected chi connectivity index (χ2v) is 19.7. The quantitative estimate of drug-likeness (QED) is 0.0859. The second kappa shape index (κ2) is 29.0. The van der Waals surface area contributed by atoms with Gasteiger partial charge >= 0.3 is 23.9 Å². The number of hydrogen-bond donors (Lipinski definition) is 2. The molecule has 0 aliphatic carbocycles. The average Bonchev–Trinajstić information content (AvgIpc) is 3.29. The molecule has 0 spiro atoms. The minimum Gasteiger partial charge on any atom is -0.466 e. The van der Waals surface area contributed by atoms with Crippen molar-refractivity contribution in [3.05, 3.63) is 35.9 Å². The molecule has 3 aliphatic heterocycles. The number of aliphatic hydroxyl groups is 1. The summed E-state index contributed by atoms with van der Waals surface area (Å²) in [6, 6.07) is 9.43. The zero-order valence-corrected chi connectivity index (χ0v) is 43.9. The summed E-state index contributed by atoms with van der Waals surface area (Å²) in [6.07, 6.45) is -6.61. The van der Waals surface area contributed by atoms with Crippen LogP contribution in [0.15, 0.2) is 30.3 Å². The summed E-state index contributed by atoms with van der Waals surface area (Å²) in [4.78, 5) is 81.9. The minimum atomic E-state index is -1.44. The van der Waals surface area contributed by atoms with E-state index in [1.54, 1.807) is 53.6 Å². The largest absolute Gasteiger partial charge is 0.466 e. The first-order valence-corrected chi connectivity index (χ1v) is 25.4. The lowest BCUT2D eigenvalue weighted by Crippen LogP contribution is -2.66. The van der Waals surface area contributed by atoms with E-state index < -0.39 is 115 Å². The van der Waals surface area contributed by atoms with Crippen LogP contribution in [0.25, 0.3) is 0 Å². The molecule has 2 N–H and O–H groups in total. The Hall–Kier alpha value is -4.08. The fourth-order valence-electron chi connectivity index (χ4n) is 10.5. The number of nitrogens with one attached hydrogen (secondary N) is 1. The monoisotopic (exact) mass is 1010 g/mol. The highest BCUT2D eigenvalue weighted by Crippen LogP contribution is 2.41. The summed E-state index contributed by atoms with van der Waals surface area (Å²) in [5, 5.41) is 15.4. The highest BCUT2D eigenvalue weighted by molar-refractivity contribution is 5.77. The molecule has 402 valence electrons. The number of benzene rings is 1. The molecule has 4 rings (SSSR count). The van der Waals surface area contributed by atoms with Crippen molar-refractivity contribution in [1.82, 2.24) is 15.1 Å². The van der Waals surface area contributed by atoms with Gasteiger partial charge in [0, 0.05) is 53.3 Å². The molecular formula is C52H83N3O16. The van der Waals surface area contributed by atoms with Crippen molar-refractivity contribution in [3.8, 4) is 0 Å². The molecule has 19 heteroatoms. The van der Waals surface area contributed by atoms with Crippen molar-refractivity contribution >= 4 is 36.1 Å². The molecule has 3 aliphatic rings. The summed E-state index contributed by atoms with van der Waals surface area (Å²) < 4.78 is 55.6. The van der Waals surface area contributed by atoms with E-state index in [0.717, 1.165) is 25.5 Å². The normalized spacial score (nSPS) is 33.7. The van der Waals surface area contributed by atoms with E-state index in [-0.39, 0.29) is 44.6 Å². The number of aliphatic hydroxyl groups excluding tert-OH is 1. The topological polar surface area (TPSA) is 224 Å². The van der Waals surface area contributed by atoms with Gasteiger partial charge in [-0.05, 0) is 104 Å². The molecule has 1 amide bonds. The standard InChI is InChI=1S/C52H83N3O16/c1-12-42(60)68-39-29-41(59)53-24-19-26-55(25-18-17-22-37-20-15-14-16-21-37)31-40(67-35(6)57)32(3)28-38(23-27-56)48(49(39)63-11)70-51-46(61)45(54(9)10)47(34(5)66-51)69-43-30-52(8,71-36(7)58)44(33(4)65-43)50(62)64-13-2/h14-16,20-21,27,32-34,38-40,43-49,51,61H,12-13,17-19,22-26,28-31H2,1-11H3,(H,53,59)/t32-,33+,34-,38+,39-,40+,43+,44-,45-,46-,47-,48+,49+,51+,52-/m1/s1. The molecule has 19 nitrogen and oxygen atoms in total. The molecule has 1 aromatic carbocycles. The predicted molar refractivity (Wildman–Crippen MR) is 259 cm³/mol. The Kier molecular flexibility index (Phi) is 24.3. The molecule has 71 heavy (non-hydrogen) atoms. The number of carbonyl (C=O) groups excluding carboxylic acids is 6. The summed E-state index contributed by atoms with van der Waals surface area (Å²) in [5.74, 6) is -4.66. The van der Waals surface area contributed by atoms with Crippen LogP contribution in [0.2, 0.25) is 0 Å². The number of methoxy groups -OCH3 is 1. The molecule has 0 saturated carbocycles. The highest BCUT2D eigenvalue weighted by Gasteiger charge is 2.55. The predicted octanol–water partition coefficient (Wildman–Crippen LogP) is 4.16. The number of rotatable bonds is 19. The summed E-state index contributed by atoms with van der Waals surface area (Å²) in [7, 11) is 4.90. The van der Waals surface area contributed by atoms with Gasteiger partial charge < -0.3 is 62.7 Å². The minimum absolute atomic E-state index is 0.000982. The lowest BCUT2D eigenvalue weighted by atomic mass is 9.79. The van der Waals surface area contributed by atoms with Gasteiger partial charge in [-0.2, -0.15) is 0 Å². The number of aldehydes is 1. The third-order valence-corrected chi connectivity index (χ3v) is 13.8. The zero-order valence-electron chi connectivity index (χ0n) is 43.9. The Bertz CT molecular complexity index is 1840. The first kappa shape index (κ1) is 59.5. The Labute approximate surface area is 420 Å². The Balaban J connectivity index is 1.70. The van der Waals surface area contributed by atoms with Crippen LogP contribution in [0.4, 0.5) is 0 Å². The summed E-state index contributed by atoms with van der Waals surface area (Å²) in [6.45, 7) is 15.1. The van der Waals surface area contributed by atoms with E-state index in [1.807, 2.05) is 25.1 Å². The van der Waals surface area contributed by atoms with Crippen molar-refractivity contribution in [2.24, 2.45) is 17.8 Å². The number of unbranched alkanes of at least 4 members (excludes halogenated alkanes) is 1. The highest BCUT2D eigenvalue weighted by atomic mass is 16.7. The number of esters is 4. The van der Waals surface area contributed by atoms with Crippen molar-refractivity contribution in [2.75, 3.05) is 54.0 Å². The molecule has 3 heterocycles. The smallest absolute Gasteiger partial charge is 0.315 e. The molecule has 0 bridgehead atoms. The fourth-order valence-corrected chi connectivity index (χ4v) is 10.5. The number of carbonyl (C=O) groups is 6. The van der Waals surface area contributed by atoms with Crippen LogP contribution in [-0.4, -0.2) is 178 Å². The van der Waals surface area contributed by atoms with Gasteiger partial charge in [0.1, 0.15) is 48.3 Å². The maximum Gasteiger partial charge on any atom is 0.315 e. The SMILES string of the molecule is CCOC(=O)[C@H]1[C@H](C)O[C@@H](O[C@H]2[C@H](N(C)C)[C@@H](O)[C@H](O[C@H]3[C@@H](CC=O)C[C@@H](C)[C@@H](OC(C)=O)CN(CCCCc4ccccc4)CCCNC(=O)C[C@@H](OC(=O)CC)[C@@H]3OC)O[C@@H]2C)C[C@@]1(C)OC(C)=O. The van der Waals surface area contributed by atoms with Crippen LogP contribution in [0.1, 0.15) is 112 Å². The fraction of sp³-hybridized carbons (Fsp3) is 0.769. The number of hydrogen-bond acceptors (Lipinski definition) is 18. The van der Waals surface area contributed by atoms with E-state index in [4.69, 9.17) is 42.6 Å². The number of ether oxygens (including phenoxy) is 9. The van der Waals surface area contributed by atoms with Crippen LogP contribution < -0.4 is 5.32 Å². The van der Waals surface area contributed by atoms with Gasteiger partial charge in [-0.15, -0.1) is 0 Å². The number of aryl methyl sites for hydroxylation is 1. The van der Waals surface area contributed by atoms with Crippen LogP contribution in [-0.2, 0) is 77.8 Å². The third-order valence-electron chi connectivity index (χ3n) is 13.8. The van der Waals surface area contributed by atoms with Crippen molar-refractivity contribution in [3.63, 3.8) is 0 Å². The molecule has 3 saturated heterocycles. The maximum absolute atomic E-state index is 13.8. The summed E-state index contributed by atoms with van der Waals surface area (Å²) >= 11 is 0. The Morgan fingerprint density at radius 3 is 2.28 bits per heavy atom. The van der Waals surface area contributed by atoms with Crippen molar-refractivity contribution < 1.29 is 76.5 Å². The lowest BCUT2D eigenvalue weighted by Gasteiger charge is -2.50. The van der Waals surface area contributed by atoms with Crippen LogP contribution in [0.3, 0.4) is 0 Å². The lowest BCUT2D eigenvalue weighted by molar-refractivity contribution is -0.341. The van der Waals surface area contributed by atoms with Gasteiger partial charge in [0.2, 0.25) is 5.91 Å². The first-order valence-electron chi connectivity index (χ1n) is 25.4. The zero-order chi connectivity index (χ0) is 52.4. The Morgan fingerprint density at radius 1 is 0.944 bits per heavy atom. The van der Waals surface area contributed by atoms with Crippen LogP contribution >= 0.6 is 0 Å². The van der Waals surface area contributed by atoms with Gasteiger partial charge in [-0.3, -0.25) is 28.9 Å². The van der Waals surface area contributed by atoms with Gasteiger partial charge in [0.05, 0.1) is 37.4 Å². The van der Waals surface area contributed by atoms with Gasteiger partial charge in [-0.25, -0.2) is 0 Å². The third kappa shape index (κ3) is 17.5. The first-order chi connectivity index (χ1) is 33.7. The van der Waals surface area contributed by atoms with Crippen LogP contribution in [0.5, 0.6) is 0 Å². The number of amides is 1. The second-order valence-electron chi connectivity index (χ2n) is 19.7. The van der Waals surface area contributed by atoms with E-state index in [2.05, 4.69) is 22.3 Å². The molecule has 3 fully saturated rings. The van der Waals surface area contributed by atoms with Crippen molar-refractivity contribution in [1.29, 1.82) is 0 Å². The van der Waals surface area contributed by atoms with Crippen molar-refractivity contribution in [2.45, 2.75) is 186 Å². The molecule has 0 radical (unpaired) electrons. The van der Waals surface area contributed by atoms with E-state index in [9.17, 15) is 33.9 Å². The molecule has 0 aromatic heterocycles. The van der Waals surface area contributed by atoms with Gasteiger partial charge in [0.15, 0.2) is 12.6 Å². The molecular weight excluding hydrogens is 923 g/mol. The average molecular weight is 1010 g/mol.